The Balaban J connectivity index is 2.75. The lowest BCUT2D eigenvalue weighted by atomic mass is 10.1. The number of methoxy groups -OCH3 is 1. The molecule has 0 aliphatic carbocycles. The van der Waals surface area contributed by atoms with E-state index in [-0.39, 0.29) is 11.7 Å². The normalized spacial score (nSPS) is 12.9. The van der Waals surface area contributed by atoms with Gasteiger partial charge < -0.3 is 9.84 Å². The number of carbonyl (C=O) groups is 1. The molecule has 0 amide bonds. The molecule has 2 rings (SSSR count). The molecule has 84 valence electrons. The molecule has 0 aliphatic heterocycles. The van der Waals surface area contributed by atoms with Crippen molar-refractivity contribution in [3.63, 3.8) is 0 Å². The van der Waals surface area contributed by atoms with E-state index in [1.165, 1.54) is 6.20 Å². The molecule has 2 aromatic rings. The first-order valence-electron chi connectivity index (χ1n) is 4.87. The van der Waals surface area contributed by atoms with Gasteiger partial charge in [0.05, 0.1) is 23.4 Å². The van der Waals surface area contributed by atoms with Gasteiger partial charge in [0.1, 0.15) is 0 Å². The van der Waals surface area contributed by atoms with Crippen LogP contribution in [0.1, 0.15) is 28.9 Å². The van der Waals surface area contributed by atoms with Crippen molar-refractivity contribution in [2.24, 2.45) is 0 Å². The van der Waals surface area contributed by atoms with Crippen molar-refractivity contribution in [3.05, 3.63) is 35.7 Å². The fourth-order valence-electron chi connectivity index (χ4n) is 1.73. The van der Waals surface area contributed by atoms with E-state index in [0.29, 0.717) is 5.56 Å². The number of ether oxygens (including phenoxy) is 1. The van der Waals surface area contributed by atoms with E-state index >= 15 is 0 Å². The fraction of sp³-hybridized carbons (Fsp3) is 0.273. The van der Waals surface area contributed by atoms with Gasteiger partial charge in [0, 0.05) is 18.9 Å². The SMILES string of the molecule is COC(C)c1c(C(=O)O)cnn2cccc12. The minimum Gasteiger partial charge on any atom is -0.478 e. The second kappa shape index (κ2) is 3.94. The highest BCUT2D eigenvalue weighted by molar-refractivity contribution is 5.91. The Morgan fingerprint density at radius 2 is 2.38 bits per heavy atom. The lowest BCUT2D eigenvalue weighted by Crippen LogP contribution is -2.10. The van der Waals surface area contributed by atoms with Gasteiger partial charge in [-0.2, -0.15) is 5.10 Å². The summed E-state index contributed by atoms with van der Waals surface area (Å²) in [5.74, 6) is -0.991. The van der Waals surface area contributed by atoms with Crippen LogP contribution >= 0.6 is 0 Å². The maximum atomic E-state index is 11.1. The monoisotopic (exact) mass is 220 g/mol. The first kappa shape index (κ1) is 10.6. The molecular formula is C11H12N2O3. The molecule has 1 atom stereocenters. The second-order valence-corrected chi connectivity index (χ2v) is 3.49. The molecule has 1 unspecified atom stereocenters. The first-order chi connectivity index (χ1) is 7.65. The Hall–Kier alpha value is -1.88. The van der Waals surface area contributed by atoms with Crippen LogP contribution < -0.4 is 0 Å². The Morgan fingerprint density at radius 1 is 1.62 bits per heavy atom. The van der Waals surface area contributed by atoms with Crippen LogP contribution in [0.4, 0.5) is 0 Å². The van der Waals surface area contributed by atoms with Crippen LogP contribution in [0.15, 0.2) is 24.5 Å². The van der Waals surface area contributed by atoms with Gasteiger partial charge in [0.25, 0.3) is 0 Å². The van der Waals surface area contributed by atoms with Gasteiger partial charge in [-0.1, -0.05) is 0 Å². The molecule has 0 saturated carbocycles. The summed E-state index contributed by atoms with van der Waals surface area (Å²) in [6.07, 6.45) is 2.83. The van der Waals surface area contributed by atoms with Gasteiger partial charge in [-0.3, -0.25) is 0 Å². The lowest BCUT2D eigenvalue weighted by molar-refractivity contribution is 0.0683. The minimum absolute atomic E-state index is 0.181. The number of carboxylic acids is 1. The number of hydrogen-bond donors (Lipinski definition) is 1. The highest BCUT2D eigenvalue weighted by atomic mass is 16.5. The quantitative estimate of drug-likeness (QED) is 0.855. The van der Waals surface area contributed by atoms with E-state index in [1.807, 2.05) is 19.1 Å². The predicted molar refractivity (Wildman–Crippen MR) is 57.6 cm³/mol. The lowest BCUT2D eigenvalue weighted by Gasteiger charge is -2.14. The summed E-state index contributed by atoms with van der Waals surface area (Å²) in [6.45, 7) is 1.81. The van der Waals surface area contributed by atoms with Crippen molar-refractivity contribution in [2.75, 3.05) is 7.11 Å². The molecule has 5 nitrogen and oxygen atoms in total. The first-order valence-corrected chi connectivity index (χ1v) is 4.87. The molecule has 16 heavy (non-hydrogen) atoms. The van der Waals surface area contributed by atoms with E-state index in [9.17, 15) is 4.79 Å². The standard InChI is InChI=1S/C11H12N2O3/c1-7(16-2)10-8(11(14)15)6-12-13-5-3-4-9(10)13/h3-7H,1-2H3,(H,14,15). The summed E-state index contributed by atoms with van der Waals surface area (Å²) < 4.78 is 6.84. The van der Waals surface area contributed by atoms with Crippen molar-refractivity contribution in [3.8, 4) is 0 Å². The molecule has 2 heterocycles. The molecule has 0 aromatic carbocycles. The zero-order valence-corrected chi connectivity index (χ0v) is 9.04. The Bertz CT molecular complexity index is 533. The van der Waals surface area contributed by atoms with Crippen LogP contribution in [-0.4, -0.2) is 27.8 Å². The number of aromatic nitrogens is 2. The fourth-order valence-corrected chi connectivity index (χ4v) is 1.73. The molecule has 0 aliphatic rings. The van der Waals surface area contributed by atoms with Crippen molar-refractivity contribution in [2.45, 2.75) is 13.0 Å². The van der Waals surface area contributed by atoms with E-state index in [4.69, 9.17) is 9.84 Å². The topological polar surface area (TPSA) is 63.8 Å². The van der Waals surface area contributed by atoms with E-state index in [2.05, 4.69) is 5.10 Å². The average molecular weight is 220 g/mol. The Kier molecular flexibility index (Phi) is 2.62. The summed E-state index contributed by atoms with van der Waals surface area (Å²) in [4.78, 5) is 11.1. The molecule has 0 saturated heterocycles. The summed E-state index contributed by atoms with van der Waals surface area (Å²) in [5.41, 5.74) is 1.59. The number of carboxylic acid groups (broad SMARTS) is 1. The molecule has 0 spiro atoms. The third-order valence-electron chi connectivity index (χ3n) is 2.60. The maximum Gasteiger partial charge on any atom is 0.337 e. The molecule has 0 fully saturated rings. The van der Waals surface area contributed by atoms with Crippen molar-refractivity contribution >= 4 is 11.5 Å². The van der Waals surface area contributed by atoms with Crippen LogP contribution in [0.3, 0.4) is 0 Å². The average Bonchev–Trinajstić information content (AvgIpc) is 2.74. The minimum atomic E-state index is -0.991. The summed E-state index contributed by atoms with van der Waals surface area (Å²) >= 11 is 0. The van der Waals surface area contributed by atoms with Crippen molar-refractivity contribution in [1.82, 2.24) is 9.61 Å². The zero-order chi connectivity index (χ0) is 11.7. The van der Waals surface area contributed by atoms with Crippen molar-refractivity contribution < 1.29 is 14.6 Å². The molecule has 5 heteroatoms. The van der Waals surface area contributed by atoms with Gasteiger partial charge >= 0.3 is 5.97 Å². The van der Waals surface area contributed by atoms with Gasteiger partial charge in [-0.05, 0) is 19.1 Å². The predicted octanol–water partition coefficient (Wildman–Crippen LogP) is 1.74. The smallest absolute Gasteiger partial charge is 0.337 e. The zero-order valence-electron chi connectivity index (χ0n) is 9.04. The van der Waals surface area contributed by atoms with E-state index < -0.39 is 5.97 Å². The highest BCUT2D eigenvalue weighted by Gasteiger charge is 2.19. The van der Waals surface area contributed by atoms with Crippen LogP contribution in [0.5, 0.6) is 0 Å². The molecule has 0 radical (unpaired) electrons. The summed E-state index contributed by atoms with van der Waals surface area (Å²) in [5, 5.41) is 13.1. The second-order valence-electron chi connectivity index (χ2n) is 3.49. The van der Waals surface area contributed by atoms with Gasteiger partial charge in [-0.15, -0.1) is 0 Å². The number of nitrogens with zero attached hydrogens (tertiary/aromatic N) is 2. The summed E-state index contributed by atoms with van der Waals surface area (Å²) in [6, 6.07) is 3.64. The van der Waals surface area contributed by atoms with Crippen LogP contribution in [-0.2, 0) is 4.74 Å². The van der Waals surface area contributed by atoms with Crippen LogP contribution in [0.2, 0.25) is 0 Å². The Morgan fingerprint density at radius 3 is 3.00 bits per heavy atom. The van der Waals surface area contributed by atoms with Gasteiger partial charge in [-0.25, -0.2) is 9.31 Å². The summed E-state index contributed by atoms with van der Waals surface area (Å²) in [7, 11) is 1.55. The van der Waals surface area contributed by atoms with E-state index in [1.54, 1.807) is 17.8 Å². The molecular weight excluding hydrogens is 208 g/mol. The maximum absolute atomic E-state index is 11.1. The molecule has 2 aromatic heterocycles. The van der Waals surface area contributed by atoms with Crippen molar-refractivity contribution in [1.29, 1.82) is 0 Å². The number of rotatable bonds is 3. The highest BCUT2D eigenvalue weighted by Crippen LogP contribution is 2.25. The molecule has 1 N–H and O–H groups in total. The van der Waals surface area contributed by atoms with E-state index in [0.717, 1.165) is 5.52 Å². The van der Waals surface area contributed by atoms with Crippen LogP contribution in [0.25, 0.3) is 5.52 Å². The van der Waals surface area contributed by atoms with Gasteiger partial charge in [0.15, 0.2) is 0 Å². The largest absolute Gasteiger partial charge is 0.478 e. The number of fused-ring (bicyclic) bond motifs is 1. The third-order valence-corrected chi connectivity index (χ3v) is 2.60. The molecule has 0 bridgehead atoms. The Labute approximate surface area is 92.3 Å². The third kappa shape index (κ3) is 1.55. The number of hydrogen-bond acceptors (Lipinski definition) is 3. The number of aromatic carboxylic acids is 1. The van der Waals surface area contributed by atoms with Crippen LogP contribution in [0, 0.1) is 0 Å². The van der Waals surface area contributed by atoms with Gasteiger partial charge in [0.2, 0.25) is 0 Å².